The second kappa shape index (κ2) is 5.83. The fourth-order valence-electron chi connectivity index (χ4n) is 2.15. The SMILES string of the molecule is COC(=O)C(N)Cc1c[nH]c2cc(OC)c(OC)cc12. The molecule has 1 atom stereocenters. The van der Waals surface area contributed by atoms with Gasteiger partial charge in [0.25, 0.3) is 0 Å². The molecule has 20 heavy (non-hydrogen) atoms. The number of carbonyl (C=O) groups excluding carboxylic acids is 1. The zero-order valence-electron chi connectivity index (χ0n) is 11.7. The van der Waals surface area contributed by atoms with Crippen LogP contribution < -0.4 is 15.2 Å². The maximum absolute atomic E-state index is 11.4. The van der Waals surface area contributed by atoms with Crippen LogP contribution in [0.5, 0.6) is 11.5 Å². The van der Waals surface area contributed by atoms with Gasteiger partial charge in [-0.25, -0.2) is 0 Å². The molecule has 0 spiro atoms. The van der Waals surface area contributed by atoms with E-state index in [9.17, 15) is 4.79 Å². The highest BCUT2D eigenvalue weighted by molar-refractivity contribution is 5.87. The lowest BCUT2D eigenvalue weighted by Crippen LogP contribution is -2.33. The Balaban J connectivity index is 2.38. The predicted molar refractivity (Wildman–Crippen MR) is 75.1 cm³/mol. The minimum atomic E-state index is -0.688. The highest BCUT2D eigenvalue weighted by atomic mass is 16.5. The molecule has 1 heterocycles. The van der Waals surface area contributed by atoms with Crippen molar-refractivity contribution in [1.29, 1.82) is 0 Å². The Labute approximate surface area is 116 Å². The third kappa shape index (κ3) is 2.55. The first-order valence-electron chi connectivity index (χ1n) is 6.16. The average molecular weight is 278 g/mol. The summed E-state index contributed by atoms with van der Waals surface area (Å²) in [7, 11) is 4.49. The molecule has 0 radical (unpaired) electrons. The number of aromatic amines is 1. The largest absolute Gasteiger partial charge is 0.493 e. The van der Waals surface area contributed by atoms with Crippen molar-refractivity contribution in [3.05, 3.63) is 23.9 Å². The number of nitrogens with two attached hydrogens (primary N) is 1. The number of carbonyl (C=O) groups is 1. The number of H-pyrrole nitrogens is 1. The highest BCUT2D eigenvalue weighted by Gasteiger charge is 2.17. The number of ether oxygens (including phenoxy) is 3. The van der Waals surface area contributed by atoms with E-state index in [1.54, 1.807) is 14.2 Å². The maximum Gasteiger partial charge on any atom is 0.322 e. The van der Waals surface area contributed by atoms with Gasteiger partial charge in [0.2, 0.25) is 0 Å². The van der Waals surface area contributed by atoms with Crippen molar-refractivity contribution in [3.8, 4) is 11.5 Å². The van der Waals surface area contributed by atoms with Gasteiger partial charge in [0.15, 0.2) is 11.5 Å². The van der Waals surface area contributed by atoms with Crippen LogP contribution in [0.4, 0.5) is 0 Å². The number of methoxy groups -OCH3 is 3. The second-order valence-corrected chi connectivity index (χ2v) is 4.40. The van der Waals surface area contributed by atoms with Gasteiger partial charge >= 0.3 is 5.97 Å². The molecule has 0 aliphatic rings. The molecule has 1 aromatic carbocycles. The summed E-state index contributed by atoms with van der Waals surface area (Å²) in [5, 5.41) is 0.946. The molecular weight excluding hydrogens is 260 g/mol. The maximum atomic E-state index is 11.4. The van der Waals surface area contributed by atoms with Gasteiger partial charge < -0.3 is 24.9 Å². The fourth-order valence-corrected chi connectivity index (χ4v) is 2.15. The normalized spacial score (nSPS) is 12.2. The summed E-state index contributed by atoms with van der Waals surface area (Å²) < 4.78 is 15.2. The van der Waals surface area contributed by atoms with Gasteiger partial charge in [-0.05, 0) is 11.6 Å². The lowest BCUT2D eigenvalue weighted by atomic mass is 10.1. The first kappa shape index (κ1) is 14.2. The summed E-state index contributed by atoms with van der Waals surface area (Å²) in [6, 6.07) is 3.03. The number of rotatable bonds is 5. The van der Waals surface area contributed by atoms with Gasteiger partial charge in [-0.15, -0.1) is 0 Å². The van der Waals surface area contributed by atoms with E-state index >= 15 is 0 Å². The van der Waals surface area contributed by atoms with Crippen LogP contribution in [0, 0.1) is 0 Å². The average Bonchev–Trinajstić information content (AvgIpc) is 2.86. The molecule has 0 saturated carbocycles. The molecule has 2 rings (SSSR count). The summed E-state index contributed by atoms with van der Waals surface area (Å²) in [5.41, 5.74) is 7.62. The molecule has 6 nitrogen and oxygen atoms in total. The van der Waals surface area contributed by atoms with Crippen molar-refractivity contribution < 1.29 is 19.0 Å². The molecule has 0 aliphatic carbocycles. The second-order valence-electron chi connectivity index (χ2n) is 4.40. The minimum Gasteiger partial charge on any atom is -0.493 e. The van der Waals surface area contributed by atoms with Crippen molar-refractivity contribution in [2.45, 2.75) is 12.5 Å². The molecule has 0 bridgehead atoms. The number of nitrogens with one attached hydrogen (secondary N) is 1. The quantitative estimate of drug-likeness (QED) is 0.803. The zero-order chi connectivity index (χ0) is 14.7. The molecule has 3 N–H and O–H groups in total. The monoisotopic (exact) mass is 278 g/mol. The van der Waals surface area contributed by atoms with E-state index in [1.807, 2.05) is 18.3 Å². The number of fused-ring (bicyclic) bond motifs is 1. The Morgan fingerprint density at radius 3 is 2.50 bits per heavy atom. The van der Waals surface area contributed by atoms with Gasteiger partial charge in [0, 0.05) is 29.6 Å². The molecule has 2 aromatic rings. The van der Waals surface area contributed by atoms with Crippen molar-refractivity contribution in [2.24, 2.45) is 5.73 Å². The first-order chi connectivity index (χ1) is 9.60. The minimum absolute atomic E-state index is 0.391. The van der Waals surface area contributed by atoms with Gasteiger partial charge in [-0.1, -0.05) is 0 Å². The molecule has 1 aromatic heterocycles. The van der Waals surface area contributed by atoms with Crippen LogP contribution in [0.2, 0.25) is 0 Å². The van der Waals surface area contributed by atoms with E-state index in [2.05, 4.69) is 9.72 Å². The molecule has 108 valence electrons. The Morgan fingerprint density at radius 1 is 1.25 bits per heavy atom. The van der Waals surface area contributed by atoms with E-state index < -0.39 is 12.0 Å². The topological polar surface area (TPSA) is 86.6 Å². The Morgan fingerprint density at radius 2 is 1.90 bits per heavy atom. The molecule has 6 heteroatoms. The lowest BCUT2D eigenvalue weighted by Gasteiger charge is -2.10. The molecule has 0 fully saturated rings. The number of aromatic nitrogens is 1. The van der Waals surface area contributed by atoms with Crippen LogP contribution in [0.3, 0.4) is 0 Å². The van der Waals surface area contributed by atoms with Gasteiger partial charge in [0.1, 0.15) is 6.04 Å². The van der Waals surface area contributed by atoms with E-state index in [4.69, 9.17) is 15.2 Å². The summed E-state index contributed by atoms with van der Waals surface area (Å²) >= 11 is 0. The van der Waals surface area contributed by atoms with Crippen LogP contribution in [-0.2, 0) is 16.0 Å². The van der Waals surface area contributed by atoms with Crippen LogP contribution in [0.15, 0.2) is 18.3 Å². The van der Waals surface area contributed by atoms with E-state index in [0.717, 1.165) is 16.5 Å². The Hall–Kier alpha value is -2.21. The smallest absolute Gasteiger partial charge is 0.322 e. The first-order valence-corrected chi connectivity index (χ1v) is 6.16. The number of hydrogen-bond donors (Lipinski definition) is 2. The number of esters is 1. The summed E-state index contributed by atoms with van der Waals surface area (Å²) in [6.07, 6.45) is 2.22. The van der Waals surface area contributed by atoms with Gasteiger partial charge in [-0.2, -0.15) is 0 Å². The lowest BCUT2D eigenvalue weighted by molar-refractivity contribution is -0.142. The Bertz CT molecular complexity index is 621. The molecule has 1 unspecified atom stereocenters. The van der Waals surface area contributed by atoms with Gasteiger partial charge in [0.05, 0.1) is 21.3 Å². The molecule has 0 amide bonds. The Kier molecular flexibility index (Phi) is 4.14. The zero-order valence-corrected chi connectivity index (χ0v) is 11.7. The van der Waals surface area contributed by atoms with Crippen molar-refractivity contribution in [3.63, 3.8) is 0 Å². The van der Waals surface area contributed by atoms with Crippen LogP contribution in [-0.4, -0.2) is 38.3 Å². The molecular formula is C14H18N2O4. The van der Waals surface area contributed by atoms with Crippen molar-refractivity contribution >= 4 is 16.9 Å². The molecule has 0 saturated heterocycles. The standard InChI is InChI=1S/C14H18N2O4/c1-18-12-5-9-8(4-10(15)14(17)20-3)7-16-11(9)6-13(12)19-2/h5-7,10,16H,4,15H2,1-3H3. The van der Waals surface area contributed by atoms with E-state index in [0.29, 0.717) is 17.9 Å². The molecule has 0 aliphatic heterocycles. The van der Waals surface area contributed by atoms with E-state index in [-0.39, 0.29) is 0 Å². The predicted octanol–water partition coefficient (Wildman–Crippen LogP) is 1.23. The third-order valence-electron chi connectivity index (χ3n) is 3.22. The van der Waals surface area contributed by atoms with Crippen LogP contribution >= 0.6 is 0 Å². The third-order valence-corrected chi connectivity index (χ3v) is 3.22. The number of hydrogen-bond acceptors (Lipinski definition) is 5. The number of benzene rings is 1. The van der Waals surface area contributed by atoms with Gasteiger partial charge in [-0.3, -0.25) is 4.79 Å². The van der Waals surface area contributed by atoms with Crippen molar-refractivity contribution in [2.75, 3.05) is 21.3 Å². The highest BCUT2D eigenvalue weighted by Crippen LogP contribution is 2.33. The van der Waals surface area contributed by atoms with E-state index in [1.165, 1.54) is 7.11 Å². The summed E-state index contributed by atoms with van der Waals surface area (Å²) in [4.78, 5) is 14.5. The fraction of sp³-hybridized carbons (Fsp3) is 0.357. The summed E-state index contributed by atoms with van der Waals surface area (Å²) in [5.74, 6) is 0.845. The van der Waals surface area contributed by atoms with Crippen molar-refractivity contribution in [1.82, 2.24) is 4.98 Å². The van der Waals surface area contributed by atoms with Crippen LogP contribution in [0.1, 0.15) is 5.56 Å². The van der Waals surface area contributed by atoms with Crippen LogP contribution in [0.25, 0.3) is 10.9 Å². The summed E-state index contributed by atoms with van der Waals surface area (Å²) in [6.45, 7) is 0.